The highest BCUT2D eigenvalue weighted by molar-refractivity contribution is 6.33. The van der Waals surface area contributed by atoms with Gasteiger partial charge in [0.1, 0.15) is 22.6 Å². The summed E-state index contributed by atoms with van der Waals surface area (Å²) in [4.78, 5) is 11.0. The molecule has 1 unspecified atom stereocenters. The average Bonchev–Trinajstić information content (AvgIpc) is 2.36. The maximum absolute atomic E-state index is 11.0. The minimum absolute atomic E-state index is 0.237. The van der Waals surface area contributed by atoms with Gasteiger partial charge in [0.15, 0.2) is 0 Å². The lowest BCUT2D eigenvalue weighted by Crippen LogP contribution is -2.21. The standard InChI is InChI=1S/C12H16ClNO4/c1-4-6-5-7(9(14)12(15)16)11(18-3)8(13)10(6)17-2/h5,9H,4,14H2,1-3H3,(H,15,16). The number of aryl methyl sites for hydroxylation is 1. The molecule has 0 saturated heterocycles. The predicted octanol–water partition coefficient (Wildman–Crippen LogP) is 2.00. The Morgan fingerprint density at radius 3 is 2.39 bits per heavy atom. The quantitative estimate of drug-likeness (QED) is 0.857. The summed E-state index contributed by atoms with van der Waals surface area (Å²) in [5.74, 6) is -0.422. The van der Waals surface area contributed by atoms with Crippen LogP contribution in [0.2, 0.25) is 5.02 Å². The van der Waals surface area contributed by atoms with Crippen molar-refractivity contribution in [2.75, 3.05) is 14.2 Å². The molecule has 0 aliphatic rings. The second kappa shape index (κ2) is 5.93. The summed E-state index contributed by atoms with van der Waals surface area (Å²) >= 11 is 6.15. The molecule has 1 atom stereocenters. The van der Waals surface area contributed by atoms with Crippen molar-refractivity contribution < 1.29 is 19.4 Å². The first kappa shape index (κ1) is 14.6. The van der Waals surface area contributed by atoms with Gasteiger partial charge in [-0.3, -0.25) is 4.79 Å². The van der Waals surface area contributed by atoms with E-state index in [0.717, 1.165) is 5.56 Å². The summed E-state index contributed by atoms with van der Waals surface area (Å²) in [6.07, 6.45) is 0.645. The van der Waals surface area contributed by atoms with Gasteiger partial charge >= 0.3 is 5.97 Å². The first-order valence-corrected chi connectivity index (χ1v) is 5.77. The third kappa shape index (κ3) is 2.52. The summed E-state index contributed by atoms with van der Waals surface area (Å²) < 4.78 is 10.3. The number of carboxylic acid groups (broad SMARTS) is 1. The van der Waals surface area contributed by atoms with Crippen molar-refractivity contribution in [2.24, 2.45) is 5.73 Å². The van der Waals surface area contributed by atoms with Crippen LogP contribution in [0.5, 0.6) is 11.5 Å². The highest BCUT2D eigenvalue weighted by Crippen LogP contribution is 2.42. The first-order chi connectivity index (χ1) is 8.47. The molecule has 0 spiro atoms. The third-order valence-corrected chi connectivity index (χ3v) is 3.02. The predicted molar refractivity (Wildman–Crippen MR) is 68.5 cm³/mol. The molecule has 0 aliphatic heterocycles. The summed E-state index contributed by atoms with van der Waals surface area (Å²) in [6, 6.07) is 0.469. The molecule has 0 bridgehead atoms. The number of carboxylic acids is 1. The van der Waals surface area contributed by atoms with Crippen LogP contribution in [0.25, 0.3) is 0 Å². The molecule has 0 radical (unpaired) electrons. The van der Waals surface area contributed by atoms with Gasteiger partial charge < -0.3 is 20.3 Å². The van der Waals surface area contributed by atoms with Gasteiger partial charge in [-0.2, -0.15) is 0 Å². The Morgan fingerprint density at radius 2 is 2.00 bits per heavy atom. The molecule has 100 valence electrons. The van der Waals surface area contributed by atoms with Crippen LogP contribution in [0.4, 0.5) is 0 Å². The van der Waals surface area contributed by atoms with E-state index in [9.17, 15) is 4.79 Å². The summed E-state index contributed by atoms with van der Waals surface area (Å²) in [5, 5.41) is 9.22. The van der Waals surface area contributed by atoms with E-state index in [-0.39, 0.29) is 10.8 Å². The molecule has 1 rings (SSSR count). The van der Waals surface area contributed by atoms with E-state index in [4.69, 9.17) is 31.9 Å². The number of aliphatic carboxylic acids is 1. The van der Waals surface area contributed by atoms with Crippen molar-refractivity contribution in [1.82, 2.24) is 0 Å². The average molecular weight is 274 g/mol. The Labute approximate surface area is 110 Å². The molecular weight excluding hydrogens is 258 g/mol. The fourth-order valence-corrected chi connectivity index (χ4v) is 2.13. The van der Waals surface area contributed by atoms with Crippen molar-refractivity contribution >= 4 is 17.6 Å². The lowest BCUT2D eigenvalue weighted by atomic mass is 10.0. The van der Waals surface area contributed by atoms with E-state index in [2.05, 4.69) is 0 Å². The molecule has 0 aliphatic carbocycles. The lowest BCUT2D eigenvalue weighted by Gasteiger charge is -2.18. The van der Waals surface area contributed by atoms with Crippen LogP contribution < -0.4 is 15.2 Å². The number of halogens is 1. The second-order valence-electron chi connectivity index (χ2n) is 3.67. The van der Waals surface area contributed by atoms with Crippen LogP contribution in [0.3, 0.4) is 0 Å². The zero-order chi connectivity index (χ0) is 13.9. The van der Waals surface area contributed by atoms with E-state index in [1.165, 1.54) is 14.2 Å². The van der Waals surface area contributed by atoms with Crippen LogP contribution in [0.1, 0.15) is 24.1 Å². The number of nitrogens with two attached hydrogens (primary N) is 1. The van der Waals surface area contributed by atoms with Crippen LogP contribution >= 0.6 is 11.6 Å². The van der Waals surface area contributed by atoms with Crippen molar-refractivity contribution in [3.63, 3.8) is 0 Å². The van der Waals surface area contributed by atoms with Gasteiger partial charge in [-0.15, -0.1) is 0 Å². The van der Waals surface area contributed by atoms with E-state index in [1.807, 2.05) is 6.92 Å². The van der Waals surface area contributed by atoms with Gasteiger partial charge in [0.25, 0.3) is 0 Å². The van der Waals surface area contributed by atoms with E-state index < -0.39 is 12.0 Å². The number of rotatable bonds is 5. The Hall–Kier alpha value is -1.46. The number of hydrogen-bond donors (Lipinski definition) is 2. The minimum Gasteiger partial charge on any atom is -0.495 e. The number of hydrogen-bond acceptors (Lipinski definition) is 4. The summed E-state index contributed by atoms with van der Waals surface area (Å²) in [5.41, 5.74) is 6.75. The van der Waals surface area contributed by atoms with Crippen molar-refractivity contribution in [3.05, 3.63) is 22.2 Å². The Morgan fingerprint density at radius 1 is 1.44 bits per heavy atom. The van der Waals surface area contributed by atoms with Gasteiger partial charge in [-0.25, -0.2) is 0 Å². The zero-order valence-electron chi connectivity index (χ0n) is 10.5. The molecule has 3 N–H and O–H groups in total. The Kier molecular flexibility index (Phi) is 4.81. The van der Waals surface area contributed by atoms with E-state index in [1.54, 1.807) is 6.07 Å². The van der Waals surface area contributed by atoms with E-state index in [0.29, 0.717) is 17.7 Å². The SMILES string of the molecule is CCc1cc(C(N)C(=O)O)c(OC)c(Cl)c1OC. The second-order valence-corrected chi connectivity index (χ2v) is 4.05. The normalized spacial score (nSPS) is 12.1. The summed E-state index contributed by atoms with van der Waals surface area (Å²) in [6.45, 7) is 1.91. The number of ether oxygens (including phenoxy) is 2. The molecule has 0 fully saturated rings. The smallest absolute Gasteiger partial charge is 0.325 e. The van der Waals surface area contributed by atoms with Crippen LogP contribution in [0, 0.1) is 0 Å². The molecule has 0 amide bonds. The van der Waals surface area contributed by atoms with Gasteiger partial charge in [0, 0.05) is 5.56 Å². The summed E-state index contributed by atoms with van der Waals surface area (Å²) in [7, 11) is 2.90. The maximum atomic E-state index is 11.0. The van der Waals surface area contributed by atoms with Crippen molar-refractivity contribution in [3.8, 4) is 11.5 Å². The number of carbonyl (C=O) groups is 1. The highest BCUT2D eigenvalue weighted by Gasteiger charge is 2.24. The molecule has 0 saturated carbocycles. The molecule has 1 aromatic carbocycles. The number of benzene rings is 1. The Bertz CT molecular complexity index is 462. The van der Waals surface area contributed by atoms with Gasteiger partial charge in [0.05, 0.1) is 14.2 Å². The molecule has 6 heteroatoms. The topological polar surface area (TPSA) is 81.8 Å². The third-order valence-electron chi connectivity index (χ3n) is 2.67. The van der Waals surface area contributed by atoms with Gasteiger partial charge in [-0.1, -0.05) is 18.5 Å². The minimum atomic E-state index is -1.19. The van der Waals surface area contributed by atoms with Crippen LogP contribution in [0.15, 0.2) is 6.07 Å². The first-order valence-electron chi connectivity index (χ1n) is 5.39. The van der Waals surface area contributed by atoms with Crippen molar-refractivity contribution in [1.29, 1.82) is 0 Å². The molecule has 0 heterocycles. The van der Waals surface area contributed by atoms with Gasteiger partial charge in [0.2, 0.25) is 0 Å². The zero-order valence-corrected chi connectivity index (χ0v) is 11.2. The fourth-order valence-electron chi connectivity index (χ4n) is 1.74. The fraction of sp³-hybridized carbons (Fsp3) is 0.417. The molecular formula is C12H16ClNO4. The molecule has 18 heavy (non-hydrogen) atoms. The lowest BCUT2D eigenvalue weighted by molar-refractivity contribution is -0.138. The molecule has 5 nitrogen and oxygen atoms in total. The molecule has 0 aromatic heterocycles. The van der Waals surface area contributed by atoms with E-state index >= 15 is 0 Å². The van der Waals surface area contributed by atoms with Crippen LogP contribution in [-0.4, -0.2) is 25.3 Å². The molecule has 1 aromatic rings. The monoisotopic (exact) mass is 273 g/mol. The van der Waals surface area contributed by atoms with Crippen LogP contribution in [-0.2, 0) is 11.2 Å². The number of methoxy groups -OCH3 is 2. The highest BCUT2D eigenvalue weighted by atomic mass is 35.5. The largest absolute Gasteiger partial charge is 0.495 e. The van der Waals surface area contributed by atoms with Crippen molar-refractivity contribution in [2.45, 2.75) is 19.4 Å². The van der Waals surface area contributed by atoms with Gasteiger partial charge in [-0.05, 0) is 18.1 Å². The maximum Gasteiger partial charge on any atom is 0.325 e. The Balaban J connectivity index is 3.51.